The third-order valence-electron chi connectivity index (χ3n) is 3.60. The zero-order valence-corrected chi connectivity index (χ0v) is 15.2. The van der Waals surface area contributed by atoms with Gasteiger partial charge in [0, 0.05) is 5.56 Å². The molecule has 3 aromatic rings. The van der Waals surface area contributed by atoms with Gasteiger partial charge in [-0.2, -0.15) is 0 Å². The number of rotatable bonds is 6. The molecule has 0 aliphatic heterocycles. The molecule has 0 saturated carbocycles. The molecule has 0 aliphatic rings. The van der Waals surface area contributed by atoms with E-state index in [9.17, 15) is 4.79 Å². The van der Waals surface area contributed by atoms with Gasteiger partial charge in [-0.15, -0.1) is 0 Å². The van der Waals surface area contributed by atoms with Crippen molar-refractivity contribution in [1.29, 1.82) is 0 Å². The van der Waals surface area contributed by atoms with Crippen LogP contribution in [0.4, 0.5) is 5.69 Å². The van der Waals surface area contributed by atoms with Gasteiger partial charge in [0.2, 0.25) is 0 Å². The van der Waals surface area contributed by atoms with Crippen molar-refractivity contribution in [3.63, 3.8) is 0 Å². The van der Waals surface area contributed by atoms with Crippen LogP contribution in [0, 0.1) is 0 Å². The molecule has 0 aliphatic carbocycles. The van der Waals surface area contributed by atoms with Crippen molar-refractivity contribution in [3.05, 3.63) is 94.0 Å². The Morgan fingerprint density at radius 1 is 0.885 bits per heavy atom. The van der Waals surface area contributed by atoms with E-state index in [1.165, 1.54) is 0 Å². The molecule has 0 saturated heterocycles. The van der Waals surface area contributed by atoms with E-state index in [4.69, 9.17) is 27.9 Å². The molecule has 4 nitrogen and oxygen atoms in total. The number of amides is 1. The SMILES string of the molecule is O=C(NNc1ccc(Cl)c(Cl)c1)c1ccc(COc2ccccc2)cc1. The molecule has 0 fully saturated rings. The van der Waals surface area contributed by atoms with E-state index >= 15 is 0 Å². The Balaban J connectivity index is 1.54. The first-order valence-electron chi connectivity index (χ1n) is 7.90. The summed E-state index contributed by atoms with van der Waals surface area (Å²) in [6, 6.07) is 21.8. The Morgan fingerprint density at radius 3 is 2.31 bits per heavy atom. The van der Waals surface area contributed by atoms with Crippen molar-refractivity contribution in [3.8, 4) is 5.75 Å². The quantitative estimate of drug-likeness (QED) is 0.562. The molecule has 0 radical (unpaired) electrons. The van der Waals surface area contributed by atoms with Crippen LogP contribution in [0.25, 0.3) is 0 Å². The smallest absolute Gasteiger partial charge is 0.269 e. The van der Waals surface area contributed by atoms with Gasteiger partial charge in [-0.05, 0) is 48.0 Å². The molecule has 1 amide bonds. The third-order valence-corrected chi connectivity index (χ3v) is 4.34. The minimum Gasteiger partial charge on any atom is -0.489 e. The van der Waals surface area contributed by atoms with Gasteiger partial charge in [0.1, 0.15) is 12.4 Å². The molecule has 0 unspecified atom stereocenters. The standard InChI is InChI=1S/C20H16Cl2N2O2/c21-18-11-10-16(12-19(18)22)23-24-20(25)15-8-6-14(7-9-15)13-26-17-4-2-1-3-5-17/h1-12,23H,13H2,(H,24,25). The lowest BCUT2D eigenvalue weighted by molar-refractivity contribution is 0.0962. The molecule has 0 bridgehead atoms. The molecule has 26 heavy (non-hydrogen) atoms. The number of ether oxygens (including phenoxy) is 1. The first-order valence-corrected chi connectivity index (χ1v) is 8.65. The fourth-order valence-electron chi connectivity index (χ4n) is 2.21. The minimum atomic E-state index is -0.258. The Bertz CT molecular complexity index is 884. The first kappa shape index (κ1) is 18.1. The van der Waals surface area contributed by atoms with Gasteiger partial charge in [0.05, 0.1) is 15.7 Å². The van der Waals surface area contributed by atoms with Crippen LogP contribution in [-0.2, 0) is 6.61 Å². The molecule has 0 aromatic heterocycles. The lowest BCUT2D eigenvalue weighted by atomic mass is 10.1. The predicted molar refractivity (Wildman–Crippen MR) is 105 cm³/mol. The van der Waals surface area contributed by atoms with Crippen molar-refractivity contribution in [2.45, 2.75) is 6.61 Å². The Kier molecular flexibility index (Phi) is 6.00. The molecule has 3 rings (SSSR count). The van der Waals surface area contributed by atoms with Crippen LogP contribution >= 0.6 is 23.2 Å². The number of nitrogens with one attached hydrogen (secondary N) is 2. The van der Waals surface area contributed by atoms with E-state index in [1.807, 2.05) is 42.5 Å². The Labute approximate surface area is 161 Å². The number of hydrogen-bond acceptors (Lipinski definition) is 3. The van der Waals surface area contributed by atoms with Gasteiger partial charge in [0.15, 0.2) is 0 Å². The van der Waals surface area contributed by atoms with Crippen LogP contribution < -0.4 is 15.6 Å². The lowest BCUT2D eigenvalue weighted by Gasteiger charge is -2.10. The number of carbonyl (C=O) groups excluding carboxylic acids is 1. The second-order valence-corrected chi connectivity index (χ2v) is 6.32. The molecule has 2 N–H and O–H groups in total. The second kappa shape index (κ2) is 8.61. The number of benzene rings is 3. The summed E-state index contributed by atoms with van der Waals surface area (Å²) in [7, 11) is 0. The molecule has 3 aromatic carbocycles. The Hall–Kier alpha value is -2.69. The summed E-state index contributed by atoms with van der Waals surface area (Å²) in [6.07, 6.45) is 0. The zero-order chi connectivity index (χ0) is 18.4. The molecular formula is C20H16Cl2N2O2. The highest BCUT2D eigenvalue weighted by molar-refractivity contribution is 6.42. The number of anilines is 1. The topological polar surface area (TPSA) is 50.4 Å². The van der Waals surface area contributed by atoms with Crippen molar-refractivity contribution < 1.29 is 9.53 Å². The number of hydrazine groups is 1. The summed E-state index contributed by atoms with van der Waals surface area (Å²) >= 11 is 11.8. The van der Waals surface area contributed by atoms with Crippen molar-refractivity contribution >= 4 is 34.8 Å². The summed E-state index contributed by atoms with van der Waals surface area (Å²) in [5.41, 5.74) is 7.57. The van der Waals surface area contributed by atoms with E-state index in [0.717, 1.165) is 11.3 Å². The van der Waals surface area contributed by atoms with Crippen LogP contribution in [0.15, 0.2) is 72.8 Å². The van der Waals surface area contributed by atoms with E-state index in [0.29, 0.717) is 27.9 Å². The fourth-order valence-corrected chi connectivity index (χ4v) is 2.51. The monoisotopic (exact) mass is 386 g/mol. The van der Waals surface area contributed by atoms with E-state index < -0.39 is 0 Å². The van der Waals surface area contributed by atoms with Gasteiger partial charge in [-0.25, -0.2) is 0 Å². The maximum absolute atomic E-state index is 12.2. The minimum absolute atomic E-state index is 0.258. The van der Waals surface area contributed by atoms with Crippen LogP contribution in [0.5, 0.6) is 5.75 Å². The van der Waals surface area contributed by atoms with E-state index in [-0.39, 0.29) is 5.91 Å². The summed E-state index contributed by atoms with van der Waals surface area (Å²) in [4.78, 5) is 12.2. The average molecular weight is 387 g/mol. The van der Waals surface area contributed by atoms with E-state index in [1.54, 1.807) is 30.3 Å². The molecule has 0 atom stereocenters. The van der Waals surface area contributed by atoms with Crippen LogP contribution in [0.3, 0.4) is 0 Å². The zero-order valence-electron chi connectivity index (χ0n) is 13.7. The average Bonchev–Trinajstić information content (AvgIpc) is 2.68. The fraction of sp³-hybridized carbons (Fsp3) is 0.0500. The van der Waals surface area contributed by atoms with Gasteiger partial charge in [-0.1, -0.05) is 53.5 Å². The third kappa shape index (κ3) is 4.91. The van der Waals surface area contributed by atoms with Gasteiger partial charge < -0.3 is 4.74 Å². The highest BCUT2D eigenvalue weighted by atomic mass is 35.5. The van der Waals surface area contributed by atoms with Crippen molar-refractivity contribution in [2.75, 3.05) is 5.43 Å². The van der Waals surface area contributed by atoms with E-state index in [2.05, 4.69) is 10.9 Å². The molecule has 0 heterocycles. The maximum Gasteiger partial charge on any atom is 0.269 e. The van der Waals surface area contributed by atoms with Crippen LogP contribution in [0.2, 0.25) is 10.0 Å². The van der Waals surface area contributed by atoms with Crippen molar-refractivity contribution in [1.82, 2.24) is 5.43 Å². The summed E-state index contributed by atoms with van der Waals surface area (Å²) in [6.45, 7) is 0.438. The normalized spacial score (nSPS) is 10.2. The molecule has 6 heteroatoms. The van der Waals surface area contributed by atoms with Gasteiger partial charge in [0.25, 0.3) is 5.91 Å². The number of carbonyl (C=O) groups is 1. The van der Waals surface area contributed by atoms with Gasteiger partial charge >= 0.3 is 0 Å². The Morgan fingerprint density at radius 2 is 1.62 bits per heavy atom. The number of hydrogen-bond donors (Lipinski definition) is 2. The summed E-state index contributed by atoms with van der Waals surface area (Å²) in [5.74, 6) is 0.548. The number of halogens is 2. The maximum atomic E-state index is 12.2. The molecule has 132 valence electrons. The largest absolute Gasteiger partial charge is 0.489 e. The lowest BCUT2D eigenvalue weighted by Crippen LogP contribution is -2.29. The van der Waals surface area contributed by atoms with Crippen LogP contribution in [0.1, 0.15) is 15.9 Å². The highest BCUT2D eigenvalue weighted by Gasteiger charge is 2.06. The predicted octanol–water partition coefficient (Wildman–Crippen LogP) is 5.33. The van der Waals surface area contributed by atoms with Gasteiger partial charge in [-0.3, -0.25) is 15.6 Å². The molecular weight excluding hydrogens is 371 g/mol. The number of para-hydroxylation sites is 1. The summed E-state index contributed by atoms with van der Waals surface area (Å²) in [5, 5.41) is 0.866. The van der Waals surface area contributed by atoms with Crippen molar-refractivity contribution in [2.24, 2.45) is 0 Å². The highest BCUT2D eigenvalue weighted by Crippen LogP contribution is 2.24. The van der Waals surface area contributed by atoms with Crippen LogP contribution in [-0.4, -0.2) is 5.91 Å². The first-order chi connectivity index (χ1) is 12.6. The molecule has 0 spiro atoms. The summed E-state index contributed by atoms with van der Waals surface area (Å²) < 4.78 is 5.68. The second-order valence-electron chi connectivity index (χ2n) is 5.51.